The molecule has 0 fully saturated rings. The lowest BCUT2D eigenvalue weighted by atomic mass is 10.1. The van der Waals surface area contributed by atoms with E-state index in [0.29, 0.717) is 0 Å². The second kappa shape index (κ2) is 2.31. The zero-order chi connectivity index (χ0) is 7.84. The molecule has 1 aliphatic carbocycles. The van der Waals surface area contributed by atoms with Crippen molar-refractivity contribution in [2.45, 2.75) is 25.8 Å². The molecule has 1 heterocycles. The number of hydrogen-bond donors (Lipinski definition) is 1. The third-order valence-electron chi connectivity index (χ3n) is 2.23. The van der Waals surface area contributed by atoms with Crippen LogP contribution in [0.25, 0.3) is 0 Å². The summed E-state index contributed by atoms with van der Waals surface area (Å²) in [4.78, 5) is 4.33. The van der Waals surface area contributed by atoms with Gasteiger partial charge in [-0.3, -0.25) is 4.98 Å². The molecule has 1 aromatic rings. The van der Waals surface area contributed by atoms with E-state index in [4.69, 9.17) is 5.73 Å². The van der Waals surface area contributed by atoms with Gasteiger partial charge in [0.25, 0.3) is 0 Å². The van der Waals surface area contributed by atoms with Crippen LogP contribution in [0.3, 0.4) is 0 Å². The van der Waals surface area contributed by atoms with Crippen LogP contribution in [-0.2, 0) is 6.42 Å². The third kappa shape index (κ3) is 1.03. The normalized spacial score (nSPS) is 21.8. The molecule has 2 nitrogen and oxygen atoms in total. The molecule has 0 bridgehead atoms. The maximum Gasteiger partial charge on any atom is 0.0452 e. The van der Waals surface area contributed by atoms with Crippen LogP contribution in [0, 0.1) is 6.92 Å². The predicted molar refractivity (Wildman–Crippen MR) is 44.2 cm³/mol. The molecule has 2 N–H and O–H groups in total. The Hall–Kier alpha value is -0.890. The maximum absolute atomic E-state index is 5.88. The average Bonchev–Trinajstić information content (AvgIpc) is 2.33. The molecule has 2 rings (SSSR count). The van der Waals surface area contributed by atoms with Gasteiger partial charge in [-0.1, -0.05) is 6.07 Å². The van der Waals surface area contributed by atoms with E-state index in [-0.39, 0.29) is 6.04 Å². The Bertz CT molecular complexity index is 281. The quantitative estimate of drug-likeness (QED) is 0.603. The smallest absolute Gasteiger partial charge is 0.0452 e. The van der Waals surface area contributed by atoms with E-state index in [1.54, 1.807) is 0 Å². The molecule has 0 aromatic carbocycles. The number of hydrogen-bond acceptors (Lipinski definition) is 2. The molecule has 11 heavy (non-hydrogen) atoms. The van der Waals surface area contributed by atoms with E-state index < -0.39 is 0 Å². The van der Waals surface area contributed by atoms with E-state index in [0.717, 1.165) is 12.8 Å². The van der Waals surface area contributed by atoms with Crippen molar-refractivity contribution in [3.05, 3.63) is 29.1 Å². The van der Waals surface area contributed by atoms with Crippen LogP contribution in [-0.4, -0.2) is 4.98 Å². The topological polar surface area (TPSA) is 38.9 Å². The van der Waals surface area contributed by atoms with Crippen LogP contribution in [0.1, 0.15) is 29.3 Å². The lowest BCUT2D eigenvalue weighted by molar-refractivity contribution is 0.712. The summed E-state index contributed by atoms with van der Waals surface area (Å²) in [6.07, 6.45) is 4.03. The standard InChI is InChI=1S/C9H12N2/c1-6-4-7-8(10)2-3-9(7)11-5-6/h4-5,8H,2-3,10H2,1H3. The van der Waals surface area contributed by atoms with Crippen LogP contribution in [0.4, 0.5) is 0 Å². The fourth-order valence-corrected chi connectivity index (χ4v) is 1.60. The summed E-state index contributed by atoms with van der Waals surface area (Å²) in [6, 6.07) is 2.39. The zero-order valence-corrected chi connectivity index (χ0v) is 6.67. The second-order valence-corrected chi connectivity index (χ2v) is 3.19. The summed E-state index contributed by atoms with van der Waals surface area (Å²) in [5.41, 5.74) is 9.54. The van der Waals surface area contributed by atoms with Gasteiger partial charge < -0.3 is 5.73 Å². The Morgan fingerprint density at radius 1 is 1.64 bits per heavy atom. The number of nitrogens with two attached hydrogens (primary N) is 1. The van der Waals surface area contributed by atoms with Crippen LogP contribution >= 0.6 is 0 Å². The first kappa shape index (κ1) is 6.80. The van der Waals surface area contributed by atoms with Crippen LogP contribution in [0.15, 0.2) is 12.3 Å². The number of nitrogens with zero attached hydrogens (tertiary/aromatic N) is 1. The van der Waals surface area contributed by atoms with Crippen molar-refractivity contribution in [2.24, 2.45) is 5.73 Å². The largest absolute Gasteiger partial charge is 0.324 e. The molecule has 0 saturated carbocycles. The summed E-state index contributed by atoms with van der Waals surface area (Å²) >= 11 is 0. The van der Waals surface area contributed by atoms with E-state index in [1.165, 1.54) is 16.8 Å². The minimum atomic E-state index is 0.234. The summed E-state index contributed by atoms with van der Waals surface area (Å²) in [5, 5.41) is 0. The fraction of sp³-hybridized carbons (Fsp3) is 0.444. The van der Waals surface area contributed by atoms with Gasteiger partial charge in [-0.25, -0.2) is 0 Å². The second-order valence-electron chi connectivity index (χ2n) is 3.19. The fourth-order valence-electron chi connectivity index (χ4n) is 1.60. The van der Waals surface area contributed by atoms with Crippen molar-refractivity contribution in [1.29, 1.82) is 0 Å². The van der Waals surface area contributed by atoms with Gasteiger partial charge in [0.2, 0.25) is 0 Å². The molecule has 2 heteroatoms. The Balaban J connectivity index is 2.52. The summed E-state index contributed by atoms with van der Waals surface area (Å²) in [6.45, 7) is 2.05. The van der Waals surface area contributed by atoms with Gasteiger partial charge >= 0.3 is 0 Å². The van der Waals surface area contributed by atoms with E-state index in [1.807, 2.05) is 6.20 Å². The van der Waals surface area contributed by atoms with Gasteiger partial charge in [-0.15, -0.1) is 0 Å². The van der Waals surface area contributed by atoms with Crippen molar-refractivity contribution < 1.29 is 0 Å². The third-order valence-corrected chi connectivity index (χ3v) is 2.23. The van der Waals surface area contributed by atoms with Crippen LogP contribution in [0.2, 0.25) is 0 Å². The highest BCUT2D eigenvalue weighted by molar-refractivity contribution is 5.31. The molecule has 0 spiro atoms. The molecule has 1 aliphatic rings. The summed E-state index contributed by atoms with van der Waals surface area (Å²) in [5.74, 6) is 0. The maximum atomic E-state index is 5.88. The van der Waals surface area contributed by atoms with Crippen molar-refractivity contribution in [3.8, 4) is 0 Å². The highest BCUT2D eigenvalue weighted by atomic mass is 14.7. The van der Waals surface area contributed by atoms with E-state index in [9.17, 15) is 0 Å². The highest BCUT2D eigenvalue weighted by Crippen LogP contribution is 2.27. The molecular weight excluding hydrogens is 136 g/mol. The van der Waals surface area contributed by atoms with Gasteiger partial charge in [0.15, 0.2) is 0 Å². The number of fused-ring (bicyclic) bond motifs is 1. The van der Waals surface area contributed by atoms with Gasteiger partial charge in [-0.2, -0.15) is 0 Å². The zero-order valence-electron chi connectivity index (χ0n) is 6.67. The Morgan fingerprint density at radius 2 is 2.45 bits per heavy atom. The first-order valence-electron chi connectivity index (χ1n) is 3.98. The Morgan fingerprint density at radius 3 is 3.27 bits per heavy atom. The molecule has 0 radical (unpaired) electrons. The number of aryl methyl sites for hydroxylation is 2. The SMILES string of the molecule is Cc1cnc2c(c1)C(N)CC2. The van der Waals surface area contributed by atoms with Crippen molar-refractivity contribution in [1.82, 2.24) is 4.98 Å². The number of rotatable bonds is 0. The molecular formula is C9H12N2. The lowest BCUT2D eigenvalue weighted by Crippen LogP contribution is -2.05. The summed E-state index contributed by atoms with van der Waals surface area (Å²) < 4.78 is 0. The molecule has 1 aromatic heterocycles. The Labute approximate surface area is 66.4 Å². The average molecular weight is 148 g/mol. The molecule has 0 aliphatic heterocycles. The Kier molecular flexibility index (Phi) is 1.43. The molecule has 0 amide bonds. The van der Waals surface area contributed by atoms with Crippen molar-refractivity contribution >= 4 is 0 Å². The predicted octanol–water partition coefficient (Wildman–Crippen LogP) is 1.34. The van der Waals surface area contributed by atoms with Gasteiger partial charge in [0.1, 0.15) is 0 Å². The first-order chi connectivity index (χ1) is 5.27. The molecule has 1 unspecified atom stereocenters. The van der Waals surface area contributed by atoms with Gasteiger partial charge in [0, 0.05) is 17.9 Å². The van der Waals surface area contributed by atoms with Gasteiger partial charge in [-0.05, 0) is 30.9 Å². The first-order valence-corrected chi connectivity index (χ1v) is 3.98. The minimum Gasteiger partial charge on any atom is -0.324 e. The van der Waals surface area contributed by atoms with Crippen LogP contribution < -0.4 is 5.73 Å². The van der Waals surface area contributed by atoms with Crippen LogP contribution in [0.5, 0.6) is 0 Å². The molecule has 58 valence electrons. The van der Waals surface area contributed by atoms with Crippen molar-refractivity contribution in [2.75, 3.05) is 0 Å². The van der Waals surface area contributed by atoms with Crippen molar-refractivity contribution in [3.63, 3.8) is 0 Å². The van der Waals surface area contributed by atoms with E-state index in [2.05, 4.69) is 18.0 Å². The highest BCUT2D eigenvalue weighted by Gasteiger charge is 2.19. The monoisotopic (exact) mass is 148 g/mol. The minimum absolute atomic E-state index is 0.234. The molecule has 0 saturated heterocycles. The van der Waals surface area contributed by atoms with E-state index >= 15 is 0 Å². The number of aromatic nitrogens is 1. The molecule has 1 atom stereocenters. The lowest BCUT2D eigenvalue weighted by Gasteiger charge is -2.03. The van der Waals surface area contributed by atoms with Gasteiger partial charge in [0.05, 0.1) is 0 Å². The summed E-state index contributed by atoms with van der Waals surface area (Å²) in [7, 11) is 0. The number of pyridine rings is 1.